The molecule has 1 heterocycles. The Hall–Kier alpha value is -2.45. The molecule has 1 aliphatic rings. The van der Waals surface area contributed by atoms with Crippen LogP contribution in [0.3, 0.4) is 0 Å². The molecule has 0 radical (unpaired) electrons. The standard InChI is InChI=1S/C12H17N3O6/c13-8(16)2-1-7(12(20)21)14-9(17)5-6-15-10(18)3-4-11(15)19/h7H,1-6H2,(H2,13,16)(H,14,17)(H,20,21). The molecule has 0 aliphatic carbocycles. The Morgan fingerprint density at radius 3 is 2.24 bits per heavy atom. The van der Waals surface area contributed by atoms with Crippen LogP contribution in [0.1, 0.15) is 32.1 Å². The van der Waals surface area contributed by atoms with Crippen molar-refractivity contribution in [2.75, 3.05) is 6.54 Å². The summed E-state index contributed by atoms with van der Waals surface area (Å²) in [6.45, 7) is -0.0777. The molecule has 0 spiro atoms. The number of nitrogens with one attached hydrogen (secondary N) is 1. The van der Waals surface area contributed by atoms with E-state index in [1.165, 1.54) is 0 Å². The number of aliphatic carboxylic acids is 1. The first-order valence-corrected chi connectivity index (χ1v) is 6.45. The van der Waals surface area contributed by atoms with Crippen molar-refractivity contribution in [3.8, 4) is 0 Å². The fraction of sp³-hybridized carbons (Fsp3) is 0.583. The van der Waals surface area contributed by atoms with Gasteiger partial charge in [-0.25, -0.2) is 4.79 Å². The van der Waals surface area contributed by atoms with E-state index in [0.717, 1.165) is 4.90 Å². The smallest absolute Gasteiger partial charge is 0.326 e. The van der Waals surface area contributed by atoms with Crippen LogP contribution in [-0.4, -0.2) is 52.2 Å². The number of carboxylic acid groups (broad SMARTS) is 1. The van der Waals surface area contributed by atoms with E-state index in [-0.39, 0.29) is 50.5 Å². The predicted octanol–water partition coefficient (Wildman–Crippen LogP) is -1.64. The molecule has 9 heteroatoms. The summed E-state index contributed by atoms with van der Waals surface area (Å²) in [6.07, 6.45) is -0.191. The van der Waals surface area contributed by atoms with E-state index >= 15 is 0 Å². The lowest BCUT2D eigenvalue weighted by molar-refractivity contribution is -0.143. The van der Waals surface area contributed by atoms with Gasteiger partial charge >= 0.3 is 5.97 Å². The molecule has 4 N–H and O–H groups in total. The molecule has 1 atom stereocenters. The van der Waals surface area contributed by atoms with Crippen LogP contribution in [-0.2, 0) is 24.0 Å². The first-order chi connectivity index (χ1) is 9.81. The lowest BCUT2D eigenvalue weighted by Crippen LogP contribution is -2.43. The maximum atomic E-state index is 11.6. The summed E-state index contributed by atoms with van der Waals surface area (Å²) in [6, 6.07) is -1.23. The summed E-state index contributed by atoms with van der Waals surface area (Å²) >= 11 is 0. The van der Waals surface area contributed by atoms with Crippen LogP contribution >= 0.6 is 0 Å². The molecule has 0 bridgehead atoms. The molecule has 1 rings (SSSR count). The van der Waals surface area contributed by atoms with E-state index in [4.69, 9.17) is 10.8 Å². The van der Waals surface area contributed by atoms with Gasteiger partial charge in [0.1, 0.15) is 6.04 Å². The van der Waals surface area contributed by atoms with Gasteiger partial charge in [0, 0.05) is 32.2 Å². The number of carboxylic acids is 1. The molecule has 1 unspecified atom stereocenters. The Morgan fingerprint density at radius 1 is 1.19 bits per heavy atom. The summed E-state index contributed by atoms with van der Waals surface area (Å²) in [5, 5.41) is 11.1. The van der Waals surface area contributed by atoms with Crippen LogP contribution in [0.5, 0.6) is 0 Å². The molecular weight excluding hydrogens is 282 g/mol. The van der Waals surface area contributed by atoms with Crippen molar-refractivity contribution in [1.29, 1.82) is 0 Å². The van der Waals surface area contributed by atoms with Crippen molar-refractivity contribution < 1.29 is 29.1 Å². The predicted molar refractivity (Wildman–Crippen MR) is 68.6 cm³/mol. The van der Waals surface area contributed by atoms with E-state index in [1.807, 2.05) is 0 Å². The van der Waals surface area contributed by atoms with E-state index < -0.39 is 23.8 Å². The lowest BCUT2D eigenvalue weighted by atomic mass is 10.1. The van der Waals surface area contributed by atoms with Gasteiger partial charge in [0.15, 0.2) is 0 Å². The number of carbonyl (C=O) groups is 5. The Balaban J connectivity index is 2.43. The second kappa shape index (κ2) is 7.36. The third-order valence-electron chi connectivity index (χ3n) is 3.03. The highest BCUT2D eigenvalue weighted by molar-refractivity contribution is 6.02. The van der Waals surface area contributed by atoms with Crippen molar-refractivity contribution in [2.45, 2.75) is 38.1 Å². The zero-order valence-electron chi connectivity index (χ0n) is 11.3. The Kier molecular flexibility index (Phi) is 5.82. The zero-order chi connectivity index (χ0) is 16.0. The van der Waals surface area contributed by atoms with Crippen molar-refractivity contribution in [1.82, 2.24) is 10.2 Å². The third-order valence-corrected chi connectivity index (χ3v) is 3.03. The fourth-order valence-corrected chi connectivity index (χ4v) is 1.90. The average molecular weight is 299 g/mol. The van der Waals surface area contributed by atoms with Crippen LogP contribution in [0.25, 0.3) is 0 Å². The van der Waals surface area contributed by atoms with Gasteiger partial charge in [-0.05, 0) is 6.42 Å². The van der Waals surface area contributed by atoms with E-state index in [0.29, 0.717) is 0 Å². The molecule has 0 aromatic carbocycles. The molecule has 116 valence electrons. The van der Waals surface area contributed by atoms with Gasteiger partial charge < -0.3 is 16.2 Å². The third kappa shape index (κ3) is 5.21. The summed E-state index contributed by atoms with van der Waals surface area (Å²) in [5.41, 5.74) is 4.92. The van der Waals surface area contributed by atoms with Gasteiger partial charge in [-0.1, -0.05) is 0 Å². The number of hydrogen-bond donors (Lipinski definition) is 3. The minimum absolute atomic E-state index is 0.0777. The second-order valence-electron chi connectivity index (χ2n) is 4.65. The van der Waals surface area contributed by atoms with Gasteiger partial charge in [-0.3, -0.25) is 24.1 Å². The monoisotopic (exact) mass is 299 g/mol. The van der Waals surface area contributed by atoms with Gasteiger partial charge in [-0.2, -0.15) is 0 Å². The van der Waals surface area contributed by atoms with E-state index in [2.05, 4.69) is 5.32 Å². The number of imide groups is 1. The van der Waals surface area contributed by atoms with Gasteiger partial charge in [-0.15, -0.1) is 0 Å². The molecule has 1 fully saturated rings. The van der Waals surface area contributed by atoms with E-state index in [1.54, 1.807) is 0 Å². The lowest BCUT2D eigenvalue weighted by Gasteiger charge is -2.16. The van der Waals surface area contributed by atoms with E-state index in [9.17, 15) is 24.0 Å². The fourth-order valence-electron chi connectivity index (χ4n) is 1.90. The molecular formula is C12H17N3O6. The number of nitrogens with two attached hydrogens (primary N) is 1. The topological polar surface area (TPSA) is 147 Å². The molecule has 9 nitrogen and oxygen atoms in total. The van der Waals surface area contributed by atoms with Gasteiger partial charge in [0.2, 0.25) is 23.6 Å². The molecule has 0 saturated carbocycles. The quantitative estimate of drug-likeness (QED) is 0.458. The first-order valence-electron chi connectivity index (χ1n) is 6.45. The number of primary amides is 1. The molecule has 1 aliphatic heterocycles. The van der Waals surface area contributed by atoms with Crippen LogP contribution in [0, 0.1) is 0 Å². The normalized spacial score (nSPS) is 15.9. The van der Waals surface area contributed by atoms with Crippen molar-refractivity contribution in [3.63, 3.8) is 0 Å². The molecule has 1 saturated heterocycles. The molecule has 0 aromatic rings. The second-order valence-corrected chi connectivity index (χ2v) is 4.65. The number of rotatable bonds is 8. The molecule has 0 aromatic heterocycles. The highest BCUT2D eigenvalue weighted by Gasteiger charge is 2.29. The zero-order valence-corrected chi connectivity index (χ0v) is 11.3. The maximum Gasteiger partial charge on any atom is 0.326 e. The summed E-state index contributed by atoms with van der Waals surface area (Å²) in [5.74, 6) is -3.23. The van der Waals surface area contributed by atoms with Crippen LogP contribution < -0.4 is 11.1 Å². The number of likely N-dealkylation sites (tertiary alicyclic amines) is 1. The van der Waals surface area contributed by atoms with Crippen LogP contribution in [0.2, 0.25) is 0 Å². The summed E-state index contributed by atoms with van der Waals surface area (Å²) in [7, 11) is 0. The number of amides is 4. The first kappa shape index (κ1) is 16.6. The average Bonchev–Trinajstić information content (AvgIpc) is 2.71. The summed E-state index contributed by atoms with van der Waals surface area (Å²) in [4.78, 5) is 56.8. The van der Waals surface area contributed by atoms with Crippen LogP contribution in [0.4, 0.5) is 0 Å². The minimum atomic E-state index is -1.28. The number of carbonyl (C=O) groups excluding carboxylic acids is 4. The molecule has 4 amide bonds. The van der Waals surface area contributed by atoms with Gasteiger partial charge in [0.05, 0.1) is 0 Å². The minimum Gasteiger partial charge on any atom is -0.480 e. The Labute approximate surface area is 120 Å². The Morgan fingerprint density at radius 2 is 1.76 bits per heavy atom. The highest BCUT2D eigenvalue weighted by atomic mass is 16.4. The largest absolute Gasteiger partial charge is 0.480 e. The maximum absolute atomic E-state index is 11.6. The van der Waals surface area contributed by atoms with Crippen LogP contribution in [0.15, 0.2) is 0 Å². The van der Waals surface area contributed by atoms with Crippen molar-refractivity contribution in [2.24, 2.45) is 5.73 Å². The Bertz CT molecular complexity index is 460. The highest BCUT2D eigenvalue weighted by Crippen LogP contribution is 2.11. The van der Waals surface area contributed by atoms with Crippen molar-refractivity contribution >= 4 is 29.6 Å². The SMILES string of the molecule is NC(=O)CCC(NC(=O)CCN1C(=O)CCC1=O)C(=O)O. The van der Waals surface area contributed by atoms with Gasteiger partial charge in [0.25, 0.3) is 0 Å². The number of hydrogen-bond acceptors (Lipinski definition) is 5. The number of nitrogens with zero attached hydrogens (tertiary/aromatic N) is 1. The summed E-state index contributed by atoms with van der Waals surface area (Å²) < 4.78 is 0. The van der Waals surface area contributed by atoms with Crippen molar-refractivity contribution in [3.05, 3.63) is 0 Å². The molecule has 21 heavy (non-hydrogen) atoms.